The van der Waals surface area contributed by atoms with Crippen LogP contribution in [0.3, 0.4) is 0 Å². The van der Waals surface area contributed by atoms with Crippen LogP contribution in [0.2, 0.25) is 0 Å². The van der Waals surface area contributed by atoms with Crippen molar-refractivity contribution in [2.75, 3.05) is 0 Å². The average Bonchev–Trinajstić information content (AvgIpc) is 2.44. The second-order valence-electron chi connectivity index (χ2n) is 4.67. The Labute approximate surface area is 126 Å². The van der Waals surface area contributed by atoms with Gasteiger partial charge >= 0.3 is 12.4 Å². The Morgan fingerprint density at radius 3 is 1.96 bits per heavy atom. The number of alkyl halides is 6. The van der Waals surface area contributed by atoms with Crippen LogP contribution in [0.5, 0.6) is 0 Å². The van der Waals surface area contributed by atoms with Crippen molar-refractivity contribution in [3.05, 3.63) is 59.2 Å². The highest BCUT2D eigenvalue weighted by Gasteiger charge is 2.37. The van der Waals surface area contributed by atoms with Crippen molar-refractivity contribution in [1.82, 2.24) is 0 Å². The Balaban J connectivity index is 2.81. The molecule has 1 amide bonds. The molecule has 0 heterocycles. The Hall–Kier alpha value is -2.51. The quantitative estimate of drug-likeness (QED) is 0.809. The topological polar surface area (TPSA) is 43.1 Å². The molecule has 8 heteroatoms. The minimum Gasteiger partial charge on any atom is -0.366 e. The van der Waals surface area contributed by atoms with Gasteiger partial charge in [0.25, 0.3) is 0 Å². The van der Waals surface area contributed by atoms with Crippen molar-refractivity contribution in [2.45, 2.75) is 12.4 Å². The molecule has 0 unspecified atom stereocenters. The standard InChI is InChI=1S/C15H9F6NO/c16-14(17,18)8-5-6-12(15(19,20)21)11(7-8)9-3-1-2-4-10(9)13(22)23/h1-7H,(H2,22,23). The van der Waals surface area contributed by atoms with Gasteiger partial charge in [-0.1, -0.05) is 18.2 Å². The molecule has 0 fully saturated rings. The summed E-state index contributed by atoms with van der Waals surface area (Å²) in [6.45, 7) is 0. The van der Waals surface area contributed by atoms with Gasteiger partial charge in [-0.15, -0.1) is 0 Å². The maximum Gasteiger partial charge on any atom is 0.417 e. The fourth-order valence-corrected chi connectivity index (χ4v) is 2.12. The number of rotatable bonds is 2. The van der Waals surface area contributed by atoms with Gasteiger partial charge in [0.05, 0.1) is 11.1 Å². The van der Waals surface area contributed by atoms with E-state index in [1.165, 1.54) is 12.1 Å². The number of halogens is 6. The maximum atomic E-state index is 13.1. The van der Waals surface area contributed by atoms with E-state index in [1.54, 1.807) is 0 Å². The van der Waals surface area contributed by atoms with Crippen molar-refractivity contribution < 1.29 is 31.1 Å². The van der Waals surface area contributed by atoms with E-state index in [9.17, 15) is 31.1 Å². The van der Waals surface area contributed by atoms with Gasteiger partial charge in [-0.25, -0.2) is 0 Å². The van der Waals surface area contributed by atoms with Crippen molar-refractivity contribution in [3.63, 3.8) is 0 Å². The first kappa shape index (κ1) is 16.9. The molecule has 2 N–H and O–H groups in total. The number of nitrogens with two attached hydrogens (primary N) is 1. The molecule has 2 aromatic carbocycles. The van der Waals surface area contributed by atoms with E-state index in [0.717, 1.165) is 12.1 Å². The van der Waals surface area contributed by atoms with Crippen LogP contribution in [0.1, 0.15) is 21.5 Å². The van der Waals surface area contributed by atoms with Gasteiger partial charge in [-0.2, -0.15) is 26.3 Å². The zero-order chi connectivity index (χ0) is 17.4. The molecule has 0 saturated heterocycles. The van der Waals surface area contributed by atoms with Gasteiger partial charge in [0.1, 0.15) is 0 Å². The first-order chi connectivity index (χ1) is 10.5. The first-order valence-corrected chi connectivity index (χ1v) is 6.19. The molecule has 0 aliphatic heterocycles. The van der Waals surface area contributed by atoms with Crippen molar-refractivity contribution in [1.29, 1.82) is 0 Å². The highest BCUT2D eigenvalue weighted by molar-refractivity contribution is 6.00. The molecule has 2 nitrogen and oxygen atoms in total. The Bertz CT molecular complexity index is 748. The lowest BCUT2D eigenvalue weighted by Gasteiger charge is -2.17. The third kappa shape index (κ3) is 3.46. The van der Waals surface area contributed by atoms with Crippen LogP contribution in [0.15, 0.2) is 42.5 Å². The molecule has 0 spiro atoms. The summed E-state index contributed by atoms with van der Waals surface area (Å²) >= 11 is 0. The number of hydrogen-bond donors (Lipinski definition) is 1. The summed E-state index contributed by atoms with van der Waals surface area (Å²) < 4.78 is 77.7. The number of carbonyl (C=O) groups is 1. The van der Waals surface area contributed by atoms with E-state index in [2.05, 4.69) is 0 Å². The molecule has 23 heavy (non-hydrogen) atoms. The molecule has 2 rings (SSSR count). The highest BCUT2D eigenvalue weighted by Crippen LogP contribution is 2.41. The summed E-state index contributed by atoms with van der Waals surface area (Å²) in [5.74, 6) is -1.04. The van der Waals surface area contributed by atoms with Crippen LogP contribution < -0.4 is 5.73 Å². The predicted molar refractivity (Wildman–Crippen MR) is 70.4 cm³/mol. The fourth-order valence-electron chi connectivity index (χ4n) is 2.12. The number of primary amides is 1. The zero-order valence-corrected chi connectivity index (χ0v) is 11.3. The number of hydrogen-bond acceptors (Lipinski definition) is 1. The van der Waals surface area contributed by atoms with Crippen LogP contribution in [-0.4, -0.2) is 5.91 Å². The lowest BCUT2D eigenvalue weighted by Crippen LogP contribution is -2.15. The van der Waals surface area contributed by atoms with E-state index in [0.29, 0.717) is 18.2 Å². The number of amides is 1. The first-order valence-electron chi connectivity index (χ1n) is 6.19. The highest BCUT2D eigenvalue weighted by atomic mass is 19.4. The second kappa shape index (κ2) is 5.60. The van der Waals surface area contributed by atoms with E-state index < -0.39 is 35.0 Å². The Kier molecular flexibility index (Phi) is 4.10. The van der Waals surface area contributed by atoms with Gasteiger partial charge in [-0.05, 0) is 35.4 Å². The third-order valence-corrected chi connectivity index (χ3v) is 3.13. The van der Waals surface area contributed by atoms with Gasteiger partial charge in [0.15, 0.2) is 0 Å². The largest absolute Gasteiger partial charge is 0.417 e. The Morgan fingerprint density at radius 1 is 0.826 bits per heavy atom. The molecule has 0 aliphatic carbocycles. The summed E-state index contributed by atoms with van der Waals surface area (Å²) in [6.07, 6.45) is -9.70. The average molecular weight is 333 g/mol. The lowest BCUT2D eigenvalue weighted by molar-refractivity contribution is -0.141. The van der Waals surface area contributed by atoms with Crippen LogP contribution in [0, 0.1) is 0 Å². The van der Waals surface area contributed by atoms with Crippen molar-refractivity contribution >= 4 is 5.91 Å². The minimum absolute atomic E-state index is 0.294. The molecule has 0 bridgehead atoms. The van der Waals surface area contributed by atoms with E-state index in [4.69, 9.17) is 5.73 Å². The molecule has 0 aromatic heterocycles. The molecular weight excluding hydrogens is 324 g/mol. The molecular formula is C15H9F6NO. The molecule has 0 atom stereocenters. The number of benzene rings is 2. The number of carbonyl (C=O) groups excluding carboxylic acids is 1. The van der Waals surface area contributed by atoms with Gasteiger partial charge in [0, 0.05) is 5.56 Å². The monoisotopic (exact) mass is 333 g/mol. The van der Waals surface area contributed by atoms with Crippen LogP contribution in [0.25, 0.3) is 11.1 Å². The van der Waals surface area contributed by atoms with Crippen molar-refractivity contribution in [3.8, 4) is 11.1 Å². The van der Waals surface area contributed by atoms with Gasteiger partial charge in [0.2, 0.25) is 5.91 Å². The Morgan fingerprint density at radius 2 is 1.43 bits per heavy atom. The fraction of sp³-hybridized carbons (Fsp3) is 0.133. The van der Waals surface area contributed by atoms with Crippen LogP contribution >= 0.6 is 0 Å². The summed E-state index contributed by atoms with van der Waals surface area (Å²) in [4.78, 5) is 11.4. The van der Waals surface area contributed by atoms with Gasteiger partial charge in [-0.3, -0.25) is 4.79 Å². The molecule has 2 aromatic rings. The van der Waals surface area contributed by atoms with Crippen LogP contribution in [-0.2, 0) is 12.4 Å². The second-order valence-corrected chi connectivity index (χ2v) is 4.67. The molecule has 0 saturated carbocycles. The predicted octanol–water partition coefficient (Wildman–Crippen LogP) is 4.49. The third-order valence-electron chi connectivity index (χ3n) is 3.13. The van der Waals surface area contributed by atoms with E-state index in [1.807, 2.05) is 0 Å². The van der Waals surface area contributed by atoms with E-state index in [-0.39, 0.29) is 11.1 Å². The van der Waals surface area contributed by atoms with Crippen molar-refractivity contribution in [2.24, 2.45) is 5.73 Å². The van der Waals surface area contributed by atoms with E-state index >= 15 is 0 Å². The molecule has 0 aliphatic rings. The normalized spacial score (nSPS) is 12.3. The zero-order valence-electron chi connectivity index (χ0n) is 11.3. The van der Waals surface area contributed by atoms with Crippen LogP contribution in [0.4, 0.5) is 26.3 Å². The van der Waals surface area contributed by atoms with Gasteiger partial charge < -0.3 is 5.73 Å². The lowest BCUT2D eigenvalue weighted by atomic mass is 9.93. The molecule has 0 radical (unpaired) electrons. The maximum absolute atomic E-state index is 13.1. The smallest absolute Gasteiger partial charge is 0.366 e. The summed E-state index contributed by atoms with van der Waals surface area (Å²) in [5, 5.41) is 0. The molecule has 122 valence electrons. The summed E-state index contributed by atoms with van der Waals surface area (Å²) in [7, 11) is 0. The summed E-state index contributed by atoms with van der Waals surface area (Å²) in [5.41, 5.74) is 1.21. The SMILES string of the molecule is NC(=O)c1ccccc1-c1cc(C(F)(F)F)ccc1C(F)(F)F. The minimum atomic E-state index is -4.88. The summed E-state index contributed by atoms with van der Waals surface area (Å²) in [6, 6.07) is 5.98.